The third-order valence-corrected chi connectivity index (χ3v) is 6.58. The van der Waals surface area contributed by atoms with Crippen molar-refractivity contribution in [3.63, 3.8) is 0 Å². The van der Waals surface area contributed by atoms with Crippen LogP contribution >= 0.6 is 0 Å². The zero-order chi connectivity index (χ0) is 26.9. The van der Waals surface area contributed by atoms with Crippen molar-refractivity contribution in [2.45, 2.75) is 65.5 Å². The third-order valence-electron chi connectivity index (χ3n) is 6.58. The Morgan fingerprint density at radius 3 is 2.55 bits per heavy atom. The van der Waals surface area contributed by atoms with Crippen LogP contribution in [0.4, 0.5) is 0 Å². The Hall–Kier alpha value is -3.39. The third kappa shape index (κ3) is 7.34. The van der Waals surface area contributed by atoms with Gasteiger partial charge in [0.1, 0.15) is 23.9 Å². The van der Waals surface area contributed by atoms with Crippen molar-refractivity contribution in [3.8, 4) is 22.9 Å². The molecule has 1 aliphatic heterocycles. The van der Waals surface area contributed by atoms with Gasteiger partial charge in [0.25, 0.3) is 5.56 Å². The number of benzene rings is 2. The molecule has 204 valence electrons. The molecule has 8 nitrogen and oxygen atoms in total. The molecule has 1 amide bonds. The SMILES string of the molecule is CCCOc1cccc(-c2nc3ccc(OCCCN4CCCCC4)cc3c(=O)n2CC(=O)NC(C)C)c1. The molecule has 0 spiro atoms. The summed E-state index contributed by atoms with van der Waals surface area (Å²) in [7, 11) is 0. The van der Waals surface area contributed by atoms with Gasteiger partial charge in [-0.3, -0.25) is 14.2 Å². The molecule has 1 aliphatic rings. The topological polar surface area (TPSA) is 85.7 Å². The number of hydrogen-bond acceptors (Lipinski definition) is 6. The van der Waals surface area contributed by atoms with E-state index >= 15 is 0 Å². The van der Waals surface area contributed by atoms with Crippen molar-refractivity contribution >= 4 is 16.8 Å². The molecule has 0 aliphatic carbocycles. The van der Waals surface area contributed by atoms with Crippen molar-refractivity contribution in [3.05, 3.63) is 52.8 Å². The summed E-state index contributed by atoms with van der Waals surface area (Å²) in [4.78, 5) is 33.8. The molecule has 0 atom stereocenters. The van der Waals surface area contributed by atoms with Gasteiger partial charge in [-0.05, 0) is 83.0 Å². The van der Waals surface area contributed by atoms with Gasteiger partial charge in [0.05, 0.1) is 24.1 Å². The zero-order valence-corrected chi connectivity index (χ0v) is 22.9. The Balaban J connectivity index is 1.61. The lowest BCUT2D eigenvalue weighted by Crippen LogP contribution is -2.37. The second-order valence-corrected chi connectivity index (χ2v) is 10.2. The molecule has 3 aromatic rings. The second kappa shape index (κ2) is 13.4. The maximum Gasteiger partial charge on any atom is 0.262 e. The summed E-state index contributed by atoms with van der Waals surface area (Å²) in [6.45, 7) is 10.2. The molecule has 0 unspecified atom stereocenters. The number of nitrogens with one attached hydrogen (secondary N) is 1. The monoisotopic (exact) mass is 520 g/mol. The Kier molecular flexibility index (Phi) is 9.76. The predicted molar refractivity (Wildman–Crippen MR) is 151 cm³/mol. The van der Waals surface area contributed by atoms with Crippen LogP contribution in [0.5, 0.6) is 11.5 Å². The van der Waals surface area contributed by atoms with Crippen LogP contribution in [0.3, 0.4) is 0 Å². The van der Waals surface area contributed by atoms with E-state index in [1.54, 1.807) is 6.07 Å². The first kappa shape index (κ1) is 27.6. The van der Waals surface area contributed by atoms with E-state index in [4.69, 9.17) is 14.5 Å². The predicted octanol–water partition coefficient (Wildman–Crippen LogP) is 4.63. The molecule has 1 N–H and O–H groups in total. The van der Waals surface area contributed by atoms with Crippen molar-refractivity contribution in [1.82, 2.24) is 19.8 Å². The Bertz CT molecular complexity index is 1280. The van der Waals surface area contributed by atoms with Gasteiger partial charge in [-0.1, -0.05) is 25.5 Å². The van der Waals surface area contributed by atoms with Crippen molar-refractivity contribution in [2.24, 2.45) is 0 Å². The van der Waals surface area contributed by atoms with Gasteiger partial charge in [0.2, 0.25) is 5.91 Å². The first-order chi connectivity index (χ1) is 18.4. The lowest BCUT2D eigenvalue weighted by Gasteiger charge is -2.26. The van der Waals surface area contributed by atoms with E-state index in [2.05, 4.69) is 10.2 Å². The highest BCUT2D eigenvalue weighted by atomic mass is 16.5. The molecule has 1 saturated heterocycles. The average Bonchev–Trinajstić information content (AvgIpc) is 2.92. The Morgan fingerprint density at radius 1 is 1.03 bits per heavy atom. The number of carbonyl (C=O) groups is 1. The molecular formula is C30H40N4O4. The van der Waals surface area contributed by atoms with Crippen molar-refractivity contribution < 1.29 is 14.3 Å². The standard InChI is InChI=1S/C30H40N4O4/c1-4-17-37-24-11-8-10-23(19-24)29-32-27-13-12-25(38-18-9-16-33-14-6-5-7-15-33)20-26(27)30(36)34(29)21-28(35)31-22(2)3/h8,10-13,19-20,22H,4-7,9,14-18,21H2,1-3H3,(H,31,35). The molecular weight excluding hydrogens is 480 g/mol. The number of aromatic nitrogens is 2. The van der Waals surface area contributed by atoms with E-state index in [0.29, 0.717) is 47.0 Å². The van der Waals surface area contributed by atoms with Gasteiger partial charge in [0, 0.05) is 18.2 Å². The molecule has 38 heavy (non-hydrogen) atoms. The van der Waals surface area contributed by atoms with Crippen LogP contribution in [0.2, 0.25) is 0 Å². The minimum Gasteiger partial charge on any atom is -0.494 e. The number of fused-ring (bicyclic) bond motifs is 1. The van der Waals surface area contributed by atoms with Gasteiger partial charge in [-0.15, -0.1) is 0 Å². The average molecular weight is 521 g/mol. The lowest BCUT2D eigenvalue weighted by molar-refractivity contribution is -0.122. The molecule has 2 aromatic carbocycles. The maximum absolute atomic E-state index is 13.7. The van der Waals surface area contributed by atoms with Crippen LogP contribution in [0.1, 0.15) is 52.9 Å². The van der Waals surface area contributed by atoms with Crippen LogP contribution in [0.15, 0.2) is 47.3 Å². The first-order valence-electron chi connectivity index (χ1n) is 13.9. The highest BCUT2D eigenvalue weighted by Gasteiger charge is 2.17. The van der Waals surface area contributed by atoms with E-state index < -0.39 is 0 Å². The first-order valence-corrected chi connectivity index (χ1v) is 13.9. The zero-order valence-electron chi connectivity index (χ0n) is 22.9. The molecule has 1 aromatic heterocycles. The highest BCUT2D eigenvalue weighted by molar-refractivity contribution is 5.83. The molecule has 2 heterocycles. The van der Waals surface area contributed by atoms with E-state index in [0.717, 1.165) is 19.4 Å². The molecule has 0 bridgehead atoms. The molecule has 0 saturated carbocycles. The fourth-order valence-electron chi connectivity index (χ4n) is 4.77. The van der Waals surface area contributed by atoms with Gasteiger partial charge < -0.3 is 19.7 Å². The number of carbonyl (C=O) groups excluding carboxylic acids is 1. The fraction of sp³-hybridized carbons (Fsp3) is 0.500. The highest BCUT2D eigenvalue weighted by Crippen LogP contribution is 2.25. The smallest absolute Gasteiger partial charge is 0.262 e. The normalized spacial score (nSPS) is 14.1. The summed E-state index contributed by atoms with van der Waals surface area (Å²) in [5.74, 6) is 1.52. The Morgan fingerprint density at radius 2 is 1.79 bits per heavy atom. The number of nitrogens with zero attached hydrogens (tertiary/aromatic N) is 3. The van der Waals surface area contributed by atoms with E-state index in [1.165, 1.54) is 36.9 Å². The summed E-state index contributed by atoms with van der Waals surface area (Å²) < 4.78 is 13.2. The molecule has 0 radical (unpaired) electrons. The van der Waals surface area contributed by atoms with E-state index in [1.807, 2.05) is 57.2 Å². The summed E-state index contributed by atoms with van der Waals surface area (Å²) in [5.41, 5.74) is 1.00. The summed E-state index contributed by atoms with van der Waals surface area (Å²) >= 11 is 0. The van der Waals surface area contributed by atoms with Crippen LogP contribution in [-0.4, -0.2) is 59.2 Å². The van der Waals surface area contributed by atoms with E-state index in [-0.39, 0.29) is 24.1 Å². The van der Waals surface area contributed by atoms with E-state index in [9.17, 15) is 9.59 Å². The van der Waals surface area contributed by atoms with Crippen molar-refractivity contribution in [1.29, 1.82) is 0 Å². The van der Waals surface area contributed by atoms with Crippen LogP contribution in [-0.2, 0) is 11.3 Å². The summed E-state index contributed by atoms with van der Waals surface area (Å²) in [6, 6.07) is 12.9. The Labute approximate surface area is 225 Å². The lowest BCUT2D eigenvalue weighted by atomic mass is 10.1. The summed E-state index contributed by atoms with van der Waals surface area (Å²) in [6.07, 6.45) is 5.71. The van der Waals surface area contributed by atoms with Crippen molar-refractivity contribution in [2.75, 3.05) is 32.8 Å². The number of piperidine rings is 1. The summed E-state index contributed by atoms with van der Waals surface area (Å²) in [5, 5.41) is 3.31. The maximum atomic E-state index is 13.7. The largest absolute Gasteiger partial charge is 0.494 e. The van der Waals surface area contributed by atoms with Gasteiger partial charge in [-0.2, -0.15) is 0 Å². The number of amides is 1. The number of likely N-dealkylation sites (tertiary alicyclic amines) is 1. The van der Waals surface area contributed by atoms with Gasteiger partial charge in [0.15, 0.2) is 0 Å². The quantitative estimate of drug-likeness (QED) is 0.351. The molecule has 4 rings (SSSR count). The van der Waals surface area contributed by atoms with Gasteiger partial charge in [-0.25, -0.2) is 4.98 Å². The fourth-order valence-corrected chi connectivity index (χ4v) is 4.77. The van der Waals surface area contributed by atoms with Crippen LogP contribution in [0, 0.1) is 0 Å². The van der Waals surface area contributed by atoms with Crippen LogP contribution < -0.4 is 20.3 Å². The minimum atomic E-state index is -0.275. The molecule has 1 fully saturated rings. The number of ether oxygens (including phenoxy) is 2. The number of rotatable bonds is 12. The number of hydrogen-bond donors (Lipinski definition) is 1. The second-order valence-electron chi connectivity index (χ2n) is 10.2. The van der Waals surface area contributed by atoms with Gasteiger partial charge >= 0.3 is 0 Å². The molecule has 8 heteroatoms. The van der Waals surface area contributed by atoms with Crippen LogP contribution in [0.25, 0.3) is 22.3 Å². The minimum absolute atomic E-state index is 0.0363.